The first-order valence-electron chi connectivity index (χ1n) is 6.68. The van der Waals surface area contributed by atoms with E-state index in [1.807, 2.05) is 18.3 Å². The van der Waals surface area contributed by atoms with Gasteiger partial charge >= 0.3 is 0 Å². The molecule has 1 aliphatic rings. The maximum Gasteiger partial charge on any atom is 0.126 e. The van der Waals surface area contributed by atoms with Crippen molar-refractivity contribution in [3.8, 4) is 6.07 Å². The molecule has 0 amide bonds. The number of aromatic amines is 1. The molecule has 0 radical (unpaired) electrons. The van der Waals surface area contributed by atoms with Gasteiger partial charge in [-0.15, -0.1) is 0 Å². The van der Waals surface area contributed by atoms with Gasteiger partial charge in [-0.1, -0.05) is 18.2 Å². The zero-order valence-electron chi connectivity index (χ0n) is 11.1. The maximum atomic E-state index is 9.56. The highest BCUT2D eigenvalue weighted by molar-refractivity contribution is 5.83. The van der Waals surface area contributed by atoms with Gasteiger partial charge in [0.15, 0.2) is 0 Å². The van der Waals surface area contributed by atoms with Crippen LogP contribution in [-0.2, 0) is 0 Å². The van der Waals surface area contributed by atoms with Gasteiger partial charge in [0.2, 0.25) is 0 Å². The Morgan fingerprint density at radius 1 is 1.21 bits per heavy atom. The second-order valence-corrected chi connectivity index (χ2v) is 5.16. The molecule has 2 aromatic rings. The highest BCUT2D eigenvalue weighted by Crippen LogP contribution is 2.28. The molecule has 1 atom stereocenters. The van der Waals surface area contributed by atoms with Crippen LogP contribution < -0.4 is 0 Å². The fraction of sp³-hybridized carbons (Fsp3) is 0.400. The SMILES string of the molecule is CN1CCN([C@H](C#N)c2c[nH]c3ccccc23)CC1. The number of para-hydroxylation sites is 1. The number of rotatable bonds is 2. The van der Waals surface area contributed by atoms with Crippen LogP contribution in [0.15, 0.2) is 30.5 Å². The minimum absolute atomic E-state index is 0.148. The summed E-state index contributed by atoms with van der Waals surface area (Å²) in [6.07, 6.45) is 1.98. The van der Waals surface area contributed by atoms with E-state index >= 15 is 0 Å². The third kappa shape index (κ3) is 2.23. The Hall–Kier alpha value is -1.83. The second kappa shape index (κ2) is 5.04. The number of nitrogens with one attached hydrogen (secondary N) is 1. The molecule has 1 saturated heterocycles. The zero-order valence-corrected chi connectivity index (χ0v) is 11.1. The first-order valence-corrected chi connectivity index (χ1v) is 6.68. The summed E-state index contributed by atoms with van der Waals surface area (Å²) >= 11 is 0. The van der Waals surface area contributed by atoms with Crippen molar-refractivity contribution in [2.24, 2.45) is 0 Å². The molecule has 4 heteroatoms. The Balaban J connectivity index is 1.92. The molecule has 0 saturated carbocycles. The highest BCUT2D eigenvalue weighted by Gasteiger charge is 2.25. The largest absolute Gasteiger partial charge is 0.361 e. The maximum absolute atomic E-state index is 9.56. The number of fused-ring (bicyclic) bond motifs is 1. The van der Waals surface area contributed by atoms with Gasteiger partial charge < -0.3 is 9.88 Å². The smallest absolute Gasteiger partial charge is 0.126 e. The summed E-state index contributed by atoms with van der Waals surface area (Å²) in [4.78, 5) is 7.84. The molecule has 0 spiro atoms. The Bertz CT molecular complexity index is 602. The molecule has 0 bridgehead atoms. The molecule has 3 rings (SSSR count). The van der Waals surface area contributed by atoms with Gasteiger partial charge in [0.05, 0.1) is 6.07 Å². The van der Waals surface area contributed by atoms with Crippen LogP contribution in [0, 0.1) is 11.3 Å². The Kier molecular flexibility index (Phi) is 3.24. The number of hydrogen-bond acceptors (Lipinski definition) is 3. The highest BCUT2D eigenvalue weighted by atomic mass is 15.3. The summed E-state index contributed by atoms with van der Waals surface area (Å²) in [6.45, 7) is 3.96. The van der Waals surface area contributed by atoms with E-state index in [1.165, 1.54) is 0 Å². The van der Waals surface area contributed by atoms with Gasteiger partial charge in [0.1, 0.15) is 6.04 Å². The van der Waals surface area contributed by atoms with E-state index in [0.29, 0.717) is 0 Å². The number of hydrogen-bond donors (Lipinski definition) is 1. The Labute approximate surface area is 113 Å². The lowest BCUT2D eigenvalue weighted by molar-refractivity contribution is 0.133. The number of aromatic nitrogens is 1. The fourth-order valence-electron chi connectivity index (χ4n) is 2.75. The van der Waals surface area contributed by atoms with Gasteiger partial charge in [-0.25, -0.2) is 0 Å². The molecule has 1 aromatic carbocycles. The topological polar surface area (TPSA) is 46.1 Å². The van der Waals surface area contributed by atoms with Crippen LogP contribution in [0.25, 0.3) is 10.9 Å². The van der Waals surface area contributed by atoms with Gasteiger partial charge in [0, 0.05) is 48.8 Å². The normalized spacial score (nSPS) is 19.4. The van der Waals surface area contributed by atoms with Crippen molar-refractivity contribution in [1.82, 2.24) is 14.8 Å². The zero-order chi connectivity index (χ0) is 13.2. The summed E-state index contributed by atoms with van der Waals surface area (Å²) in [7, 11) is 2.13. The summed E-state index contributed by atoms with van der Waals surface area (Å²) in [5.41, 5.74) is 2.20. The van der Waals surface area contributed by atoms with Crippen molar-refractivity contribution in [3.63, 3.8) is 0 Å². The average molecular weight is 254 g/mol. The number of H-pyrrole nitrogens is 1. The summed E-state index contributed by atoms with van der Waals surface area (Å²) in [5.74, 6) is 0. The van der Waals surface area contributed by atoms with E-state index in [9.17, 15) is 5.26 Å². The number of benzene rings is 1. The van der Waals surface area contributed by atoms with E-state index < -0.39 is 0 Å². The van der Waals surface area contributed by atoms with Crippen molar-refractivity contribution in [2.45, 2.75) is 6.04 Å². The van der Waals surface area contributed by atoms with Crippen LogP contribution in [0.1, 0.15) is 11.6 Å². The van der Waals surface area contributed by atoms with E-state index in [1.54, 1.807) is 0 Å². The summed E-state index contributed by atoms with van der Waals surface area (Å²) in [5, 5.41) is 10.7. The van der Waals surface area contributed by atoms with Crippen molar-refractivity contribution in [1.29, 1.82) is 5.26 Å². The fourth-order valence-corrected chi connectivity index (χ4v) is 2.75. The predicted molar refractivity (Wildman–Crippen MR) is 75.7 cm³/mol. The molecule has 98 valence electrons. The minimum atomic E-state index is -0.148. The van der Waals surface area contributed by atoms with E-state index in [0.717, 1.165) is 42.6 Å². The lowest BCUT2D eigenvalue weighted by Gasteiger charge is -2.35. The van der Waals surface area contributed by atoms with Crippen LogP contribution in [0.2, 0.25) is 0 Å². The molecular weight excluding hydrogens is 236 g/mol. The van der Waals surface area contributed by atoms with Gasteiger partial charge in [0.25, 0.3) is 0 Å². The first kappa shape index (κ1) is 12.2. The van der Waals surface area contributed by atoms with E-state index in [-0.39, 0.29) is 6.04 Å². The Morgan fingerprint density at radius 2 is 1.95 bits per heavy atom. The van der Waals surface area contributed by atoms with Crippen LogP contribution in [-0.4, -0.2) is 48.0 Å². The van der Waals surface area contributed by atoms with Crippen molar-refractivity contribution in [3.05, 3.63) is 36.0 Å². The number of nitriles is 1. The second-order valence-electron chi connectivity index (χ2n) is 5.16. The molecule has 0 unspecified atom stereocenters. The molecular formula is C15H18N4. The molecule has 1 N–H and O–H groups in total. The lowest BCUT2D eigenvalue weighted by atomic mass is 10.0. The summed E-state index contributed by atoms with van der Waals surface area (Å²) < 4.78 is 0. The average Bonchev–Trinajstić information content (AvgIpc) is 2.86. The molecule has 19 heavy (non-hydrogen) atoms. The lowest BCUT2D eigenvalue weighted by Crippen LogP contribution is -2.45. The quantitative estimate of drug-likeness (QED) is 0.891. The van der Waals surface area contributed by atoms with E-state index in [4.69, 9.17) is 0 Å². The van der Waals surface area contributed by atoms with Crippen LogP contribution in [0.4, 0.5) is 0 Å². The minimum Gasteiger partial charge on any atom is -0.361 e. The number of piperazine rings is 1. The molecule has 0 aliphatic carbocycles. The van der Waals surface area contributed by atoms with Crippen LogP contribution in [0.5, 0.6) is 0 Å². The third-order valence-corrected chi connectivity index (χ3v) is 3.94. The van der Waals surface area contributed by atoms with Gasteiger partial charge in [-0.05, 0) is 13.1 Å². The Morgan fingerprint density at radius 3 is 2.68 bits per heavy atom. The summed E-state index contributed by atoms with van der Waals surface area (Å²) in [6, 6.07) is 10.5. The predicted octanol–water partition coefficient (Wildman–Crippen LogP) is 1.98. The van der Waals surface area contributed by atoms with E-state index in [2.05, 4.69) is 40.0 Å². The molecule has 2 heterocycles. The van der Waals surface area contributed by atoms with Crippen molar-refractivity contribution < 1.29 is 0 Å². The first-order chi connectivity index (χ1) is 9.29. The van der Waals surface area contributed by atoms with Gasteiger partial charge in [-0.2, -0.15) is 5.26 Å². The molecule has 1 aromatic heterocycles. The number of nitrogens with zero attached hydrogens (tertiary/aromatic N) is 3. The molecule has 4 nitrogen and oxygen atoms in total. The third-order valence-electron chi connectivity index (χ3n) is 3.94. The molecule has 1 aliphatic heterocycles. The van der Waals surface area contributed by atoms with Gasteiger partial charge in [-0.3, -0.25) is 4.90 Å². The molecule has 1 fully saturated rings. The standard InChI is InChI=1S/C15H18N4/c1-18-6-8-19(9-7-18)15(10-16)13-11-17-14-5-3-2-4-12(13)14/h2-5,11,15,17H,6-9H2,1H3/t15-/m1/s1. The van der Waals surface area contributed by atoms with Crippen LogP contribution >= 0.6 is 0 Å². The monoisotopic (exact) mass is 254 g/mol. The van der Waals surface area contributed by atoms with Crippen molar-refractivity contribution in [2.75, 3.05) is 33.2 Å². The van der Waals surface area contributed by atoms with Crippen LogP contribution in [0.3, 0.4) is 0 Å². The van der Waals surface area contributed by atoms with Crippen molar-refractivity contribution >= 4 is 10.9 Å². The number of likely N-dealkylation sites (N-methyl/N-ethyl adjacent to an activating group) is 1.